The van der Waals surface area contributed by atoms with Crippen molar-refractivity contribution < 1.29 is 9.90 Å². The van der Waals surface area contributed by atoms with Crippen LogP contribution in [-0.4, -0.2) is 16.6 Å². The minimum atomic E-state index is -0.701. The molecule has 0 fully saturated rings. The van der Waals surface area contributed by atoms with E-state index in [0.717, 1.165) is 0 Å². The summed E-state index contributed by atoms with van der Waals surface area (Å²) < 4.78 is 0. The topological polar surface area (TPSA) is 49.3 Å². The summed E-state index contributed by atoms with van der Waals surface area (Å²) in [4.78, 5) is 11.8. The Morgan fingerprint density at radius 2 is 2.36 bits per heavy atom. The molecule has 1 rings (SSSR count). The average molecular weight is 209 g/mol. The molecule has 0 aromatic carbocycles. The van der Waals surface area contributed by atoms with Gasteiger partial charge >= 0.3 is 0 Å². The largest absolute Gasteiger partial charge is 0.506 e. The highest BCUT2D eigenvalue weighted by atomic mass is 32.1. The summed E-state index contributed by atoms with van der Waals surface area (Å²) in [6.07, 6.45) is 5.22. The van der Waals surface area contributed by atoms with Gasteiger partial charge in [-0.2, -0.15) is 0 Å². The lowest BCUT2D eigenvalue weighted by Crippen LogP contribution is -2.41. The maximum atomic E-state index is 11.5. The number of hydrogen-bond acceptors (Lipinski definition) is 3. The number of carbonyl (C=O) groups excluding carboxylic acids is 1. The Morgan fingerprint density at radius 3 is 2.79 bits per heavy atom. The maximum absolute atomic E-state index is 11.5. The van der Waals surface area contributed by atoms with Crippen molar-refractivity contribution in [2.75, 3.05) is 0 Å². The molecule has 1 aromatic rings. The van der Waals surface area contributed by atoms with E-state index in [1.807, 2.05) is 0 Å². The van der Waals surface area contributed by atoms with Gasteiger partial charge in [0, 0.05) is 0 Å². The second-order valence-electron chi connectivity index (χ2n) is 3.36. The molecule has 1 aromatic heterocycles. The number of thiophene rings is 1. The fourth-order valence-corrected chi connectivity index (χ4v) is 1.53. The fourth-order valence-electron chi connectivity index (χ4n) is 0.849. The predicted molar refractivity (Wildman–Crippen MR) is 56.4 cm³/mol. The smallest absolute Gasteiger partial charge is 0.266 e. The molecule has 0 aliphatic rings. The molecule has 2 N–H and O–H groups in total. The molecular weight excluding hydrogens is 198 g/mol. The molecule has 0 unspecified atom stereocenters. The molecule has 0 saturated carbocycles. The van der Waals surface area contributed by atoms with Crippen LogP contribution in [0.1, 0.15) is 23.5 Å². The Labute approximate surface area is 86.8 Å². The van der Waals surface area contributed by atoms with E-state index in [2.05, 4.69) is 11.2 Å². The minimum absolute atomic E-state index is 0.0136. The number of rotatable bonds is 2. The van der Waals surface area contributed by atoms with E-state index in [1.54, 1.807) is 19.2 Å². The van der Waals surface area contributed by atoms with E-state index in [-0.39, 0.29) is 16.5 Å². The second-order valence-corrected chi connectivity index (χ2v) is 4.27. The van der Waals surface area contributed by atoms with Crippen LogP contribution in [0.15, 0.2) is 11.4 Å². The molecule has 0 atom stereocenters. The fraction of sp³-hybridized carbons (Fsp3) is 0.300. The number of aromatic hydroxyl groups is 1. The van der Waals surface area contributed by atoms with Crippen molar-refractivity contribution in [3.05, 3.63) is 16.3 Å². The van der Waals surface area contributed by atoms with Crippen LogP contribution >= 0.6 is 11.3 Å². The van der Waals surface area contributed by atoms with Crippen LogP contribution in [0.5, 0.6) is 5.75 Å². The van der Waals surface area contributed by atoms with E-state index >= 15 is 0 Å². The van der Waals surface area contributed by atoms with E-state index in [9.17, 15) is 9.90 Å². The summed E-state index contributed by atoms with van der Waals surface area (Å²) in [6.45, 7) is 3.44. The lowest BCUT2D eigenvalue weighted by molar-refractivity contribution is 0.0931. The molecule has 0 aliphatic heterocycles. The zero-order valence-corrected chi connectivity index (χ0v) is 8.81. The van der Waals surface area contributed by atoms with Gasteiger partial charge in [-0.05, 0) is 25.3 Å². The summed E-state index contributed by atoms with van der Waals surface area (Å²) in [6, 6.07) is 1.47. The van der Waals surface area contributed by atoms with Crippen molar-refractivity contribution in [3.63, 3.8) is 0 Å². The number of carbonyl (C=O) groups is 1. The Morgan fingerprint density at radius 1 is 1.71 bits per heavy atom. The summed E-state index contributed by atoms with van der Waals surface area (Å²) >= 11 is 1.18. The van der Waals surface area contributed by atoms with Gasteiger partial charge in [-0.15, -0.1) is 17.8 Å². The lowest BCUT2D eigenvalue weighted by atomic mass is 10.1. The third-order valence-corrected chi connectivity index (χ3v) is 2.54. The monoisotopic (exact) mass is 209 g/mol. The molecule has 74 valence electrons. The Balaban J connectivity index is 2.80. The van der Waals surface area contributed by atoms with Gasteiger partial charge in [0.05, 0.1) is 5.54 Å². The Hall–Kier alpha value is -1.47. The standard InChI is InChI=1S/C10H11NO2S/c1-4-10(2,3)11-9(13)8-7(12)5-6-14-8/h1,5-6,12H,2-3H3,(H,11,13). The zero-order valence-electron chi connectivity index (χ0n) is 8.00. The van der Waals surface area contributed by atoms with Crippen LogP contribution < -0.4 is 5.32 Å². The SMILES string of the molecule is C#CC(C)(C)NC(=O)c1sccc1O. The molecule has 0 spiro atoms. The van der Waals surface area contributed by atoms with E-state index in [4.69, 9.17) is 6.42 Å². The van der Waals surface area contributed by atoms with Crippen LogP contribution in [0.4, 0.5) is 0 Å². The first-order chi connectivity index (χ1) is 6.46. The summed E-state index contributed by atoms with van der Waals surface area (Å²) in [5, 5.41) is 13.6. The van der Waals surface area contributed by atoms with Crippen molar-refractivity contribution in [1.29, 1.82) is 0 Å². The van der Waals surface area contributed by atoms with E-state index in [1.165, 1.54) is 17.4 Å². The number of hydrogen-bond donors (Lipinski definition) is 2. The number of amides is 1. The van der Waals surface area contributed by atoms with Crippen molar-refractivity contribution in [2.24, 2.45) is 0 Å². The first-order valence-electron chi connectivity index (χ1n) is 4.03. The maximum Gasteiger partial charge on any atom is 0.266 e. The highest BCUT2D eigenvalue weighted by molar-refractivity contribution is 7.12. The minimum Gasteiger partial charge on any atom is -0.506 e. The summed E-state index contributed by atoms with van der Waals surface area (Å²) in [7, 11) is 0. The van der Waals surface area contributed by atoms with Crippen molar-refractivity contribution in [3.8, 4) is 18.1 Å². The summed E-state index contributed by atoms with van der Waals surface area (Å²) in [5.74, 6) is 2.08. The van der Waals surface area contributed by atoms with Crippen molar-refractivity contribution >= 4 is 17.2 Å². The molecule has 0 bridgehead atoms. The van der Waals surface area contributed by atoms with Crippen LogP contribution in [0.2, 0.25) is 0 Å². The van der Waals surface area contributed by atoms with Gasteiger partial charge in [-0.3, -0.25) is 4.79 Å². The van der Waals surface area contributed by atoms with Gasteiger partial charge < -0.3 is 10.4 Å². The van der Waals surface area contributed by atoms with Gasteiger partial charge in [0.2, 0.25) is 0 Å². The highest BCUT2D eigenvalue weighted by Crippen LogP contribution is 2.23. The highest BCUT2D eigenvalue weighted by Gasteiger charge is 2.20. The first-order valence-corrected chi connectivity index (χ1v) is 4.91. The Bertz CT molecular complexity index is 387. The van der Waals surface area contributed by atoms with Gasteiger partial charge in [-0.1, -0.05) is 5.92 Å². The third kappa shape index (κ3) is 2.27. The molecule has 14 heavy (non-hydrogen) atoms. The Kier molecular flexibility index (Phi) is 2.82. The normalized spacial score (nSPS) is 10.6. The van der Waals surface area contributed by atoms with Gasteiger partial charge in [-0.25, -0.2) is 0 Å². The van der Waals surface area contributed by atoms with Crippen LogP contribution in [0.3, 0.4) is 0 Å². The molecular formula is C10H11NO2S. The molecule has 0 saturated heterocycles. The zero-order chi connectivity index (χ0) is 10.8. The molecule has 1 heterocycles. The molecule has 3 nitrogen and oxygen atoms in total. The number of terminal acetylenes is 1. The quantitative estimate of drug-likeness (QED) is 0.727. The average Bonchev–Trinajstić information content (AvgIpc) is 2.51. The summed E-state index contributed by atoms with van der Waals surface area (Å²) in [5.41, 5.74) is -0.701. The van der Waals surface area contributed by atoms with Crippen LogP contribution in [0.25, 0.3) is 0 Å². The first kappa shape index (κ1) is 10.6. The van der Waals surface area contributed by atoms with Crippen LogP contribution in [0, 0.1) is 12.3 Å². The predicted octanol–water partition coefficient (Wildman–Crippen LogP) is 1.60. The van der Waals surface area contributed by atoms with Crippen molar-refractivity contribution in [2.45, 2.75) is 19.4 Å². The van der Waals surface area contributed by atoms with E-state index in [0.29, 0.717) is 0 Å². The molecule has 4 heteroatoms. The number of nitrogens with one attached hydrogen (secondary N) is 1. The molecule has 1 amide bonds. The van der Waals surface area contributed by atoms with E-state index < -0.39 is 5.54 Å². The van der Waals surface area contributed by atoms with Gasteiger partial charge in [0.25, 0.3) is 5.91 Å². The van der Waals surface area contributed by atoms with Gasteiger partial charge in [0.1, 0.15) is 10.6 Å². The van der Waals surface area contributed by atoms with Gasteiger partial charge in [0.15, 0.2) is 0 Å². The van der Waals surface area contributed by atoms with Crippen LogP contribution in [-0.2, 0) is 0 Å². The molecule has 0 radical (unpaired) electrons. The molecule has 0 aliphatic carbocycles. The lowest BCUT2D eigenvalue weighted by Gasteiger charge is -2.18. The third-order valence-electron chi connectivity index (χ3n) is 1.64. The van der Waals surface area contributed by atoms with Crippen molar-refractivity contribution in [1.82, 2.24) is 5.32 Å². The second kappa shape index (κ2) is 3.72.